The van der Waals surface area contributed by atoms with Crippen LogP contribution in [-0.2, 0) is 14.1 Å². The summed E-state index contributed by atoms with van der Waals surface area (Å²) in [5.74, 6) is -0.814. The molecule has 0 aliphatic rings. The maximum Gasteiger partial charge on any atom is 0.414 e. The number of amides is 2. The van der Waals surface area contributed by atoms with Crippen molar-refractivity contribution in [2.24, 2.45) is 0 Å². The standard InChI is InChI=1S/C22H33ClN4O8P2/c1-15(6-4-12-26(2)3)27(19-10-11-24-18-14-16(23)8-9-17(18)19)22(29)35-13-5-7-20(28)25-21(36(30)31)37(32,33)34/h8-11,14-15,21,30-31H,4-7,12-13H2,1-3H3,(H,25,28)(H2,32,33,34). The van der Waals surface area contributed by atoms with Crippen LogP contribution in [0.15, 0.2) is 30.5 Å². The van der Waals surface area contributed by atoms with Crippen molar-refractivity contribution in [1.82, 2.24) is 15.2 Å². The van der Waals surface area contributed by atoms with Crippen molar-refractivity contribution in [3.05, 3.63) is 35.5 Å². The molecule has 0 spiro atoms. The van der Waals surface area contributed by atoms with Gasteiger partial charge >= 0.3 is 13.7 Å². The minimum atomic E-state index is -4.95. The predicted molar refractivity (Wildman–Crippen MR) is 142 cm³/mol. The molecule has 1 aromatic heterocycles. The molecule has 2 aromatic rings. The van der Waals surface area contributed by atoms with E-state index >= 15 is 0 Å². The molecule has 0 bridgehead atoms. The molecule has 2 atom stereocenters. The summed E-state index contributed by atoms with van der Waals surface area (Å²) < 4.78 is 16.8. The van der Waals surface area contributed by atoms with Crippen molar-refractivity contribution in [3.8, 4) is 0 Å². The number of hydrogen-bond acceptors (Lipinski definition) is 8. The SMILES string of the molecule is CC(CCCN(C)C)N(C(=O)OCCCC(=O)NC(P(O)O)P(=O)(O)O)c1ccnc2cc(Cl)ccc12. The summed E-state index contributed by atoms with van der Waals surface area (Å²) >= 11 is 6.10. The second kappa shape index (κ2) is 14.3. The van der Waals surface area contributed by atoms with Crippen LogP contribution in [-0.4, -0.2) is 80.3 Å². The number of pyridine rings is 1. The van der Waals surface area contributed by atoms with E-state index in [9.17, 15) is 14.2 Å². The molecule has 15 heteroatoms. The largest absolute Gasteiger partial charge is 0.449 e. The lowest BCUT2D eigenvalue weighted by Crippen LogP contribution is -2.40. The minimum absolute atomic E-state index is 0.0514. The number of halogens is 1. The van der Waals surface area contributed by atoms with Crippen molar-refractivity contribution in [2.45, 2.75) is 44.2 Å². The van der Waals surface area contributed by atoms with Crippen LogP contribution >= 0.6 is 27.6 Å². The number of carbonyl (C=O) groups excluding carboxylic acids is 2. The third-order valence-corrected chi connectivity index (χ3v) is 8.50. The van der Waals surface area contributed by atoms with Crippen LogP contribution in [0.3, 0.4) is 0 Å². The normalized spacial score (nSPS) is 13.6. The molecule has 5 N–H and O–H groups in total. The van der Waals surface area contributed by atoms with Gasteiger partial charge in [0.25, 0.3) is 0 Å². The molecule has 0 fully saturated rings. The number of hydrogen-bond donors (Lipinski definition) is 5. The zero-order valence-corrected chi connectivity index (χ0v) is 23.4. The summed E-state index contributed by atoms with van der Waals surface area (Å²) in [6.45, 7) is 2.61. The fraction of sp³-hybridized carbons (Fsp3) is 0.500. The number of fused-ring (bicyclic) bond motifs is 1. The van der Waals surface area contributed by atoms with Crippen molar-refractivity contribution in [2.75, 3.05) is 32.1 Å². The van der Waals surface area contributed by atoms with E-state index in [1.54, 1.807) is 35.4 Å². The van der Waals surface area contributed by atoms with Gasteiger partial charge in [-0.1, -0.05) is 11.6 Å². The van der Waals surface area contributed by atoms with E-state index in [0.717, 1.165) is 18.4 Å². The minimum Gasteiger partial charge on any atom is -0.449 e. The Morgan fingerprint density at radius 3 is 2.54 bits per heavy atom. The second-order valence-electron chi connectivity index (χ2n) is 8.72. The molecule has 2 rings (SSSR count). The molecule has 1 aromatic carbocycles. The van der Waals surface area contributed by atoms with Gasteiger partial charge in [0, 0.05) is 29.1 Å². The van der Waals surface area contributed by atoms with E-state index in [1.807, 2.05) is 26.3 Å². The lowest BCUT2D eigenvalue weighted by molar-refractivity contribution is -0.121. The number of aromatic nitrogens is 1. The van der Waals surface area contributed by atoms with Gasteiger partial charge in [-0.15, -0.1) is 0 Å². The zero-order valence-electron chi connectivity index (χ0n) is 20.8. The summed E-state index contributed by atoms with van der Waals surface area (Å²) in [4.78, 5) is 69.8. The summed E-state index contributed by atoms with van der Waals surface area (Å²) in [6.07, 6.45) is 2.30. The smallest absolute Gasteiger partial charge is 0.414 e. The van der Waals surface area contributed by atoms with Crippen molar-refractivity contribution in [1.29, 1.82) is 0 Å². The molecule has 0 radical (unpaired) electrons. The quantitative estimate of drug-likeness (QED) is 0.175. The van der Waals surface area contributed by atoms with E-state index in [4.69, 9.17) is 35.9 Å². The summed E-state index contributed by atoms with van der Waals surface area (Å²) in [7, 11) is -4.10. The van der Waals surface area contributed by atoms with E-state index < -0.39 is 33.5 Å². The molecule has 2 unspecified atom stereocenters. The number of carbonyl (C=O) groups is 2. The predicted octanol–water partition coefficient (Wildman–Crippen LogP) is 3.22. The average Bonchev–Trinajstić information content (AvgIpc) is 2.79. The Balaban J connectivity index is 2.10. The first kappa shape index (κ1) is 31.3. The van der Waals surface area contributed by atoms with Gasteiger partial charge in [-0.25, -0.2) is 4.79 Å². The number of rotatable bonds is 13. The van der Waals surface area contributed by atoms with Gasteiger partial charge in [0.15, 0.2) is 0 Å². The highest BCUT2D eigenvalue weighted by Crippen LogP contribution is 2.53. The fourth-order valence-corrected chi connectivity index (χ4v) is 5.43. The molecular formula is C22H33ClN4O8P2. The molecular weight excluding hydrogens is 546 g/mol. The van der Waals surface area contributed by atoms with Gasteiger partial charge in [-0.05, 0) is 71.1 Å². The molecule has 37 heavy (non-hydrogen) atoms. The average molecular weight is 579 g/mol. The van der Waals surface area contributed by atoms with E-state index in [0.29, 0.717) is 22.6 Å². The summed E-state index contributed by atoms with van der Waals surface area (Å²) in [6, 6.07) is 6.69. The van der Waals surface area contributed by atoms with Crippen LogP contribution in [0, 0.1) is 0 Å². The highest BCUT2D eigenvalue weighted by atomic mass is 35.5. The first-order valence-corrected chi connectivity index (χ1v) is 14.9. The Morgan fingerprint density at radius 1 is 1.22 bits per heavy atom. The molecule has 12 nitrogen and oxygen atoms in total. The Bertz CT molecular complexity index is 1120. The van der Waals surface area contributed by atoms with Crippen LogP contribution in [0.4, 0.5) is 10.5 Å². The van der Waals surface area contributed by atoms with Gasteiger partial charge in [0.2, 0.25) is 19.8 Å². The lowest BCUT2D eigenvalue weighted by atomic mass is 10.1. The highest BCUT2D eigenvalue weighted by Gasteiger charge is 2.36. The van der Waals surface area contributed by atoms with E-state index in [1.165, 1.54) is 0 Å². The molecule has 0 aliphatic carbocycles. The Morgan fingerprint density at radius 2 is 1.92 bits per heavy atom. The van der Waals surface area contributed by atoms with Crippen LogP contribution in [0.25, 0.3) is 10.9 Å². The second-order valence-corrected chi connectivity index (χ2v) is 12.4. The maximum atomic E-state index is 13.2. The van der Waals surface area contributed by atoms with Gasteiger partial charge in [0.05, 0.1) is 17.8 Å². The monoisotopic (exact) mass is 578 g/mol. The third-order valence-electron chi connectivity index (χ3n) is 5.41. The number of anilines is 1. The number of benzene rings is 1. The summed E-state index contributed by atoms with van der Waals surface area (Å²) in [5, 5.41) is 3.15. The topological polar surface area (TPSA) is 173 Å². The van der Waals surface area contributed by atoms with E-state index in [-0.39, 0.29) is 25.5 Å². The zero-order chi connectivity index (χ0) is 27.8. The number of nitrogens with zero attached hydrogens (tertiary/aromatic N) is 3. The van der Waals surface area contributed by atoms with Gasteiger partial charge in [-0.3, -0.25) is 19.2 Å². The Hall–Kier alpha value is -1.88. The Kier molecular flexibility index (Phi) is 12.1. The lowest BCUT2D eigenvalue weighted by Gasteiger charge is -2.30. The number of nitrogens with one attached hydrogen (secondary N) is 1. The van der Waals surface area contributed by atoms with Crippen LogP contribution in [0.1, 0.15) is 32.6 Å². The molecule has 0 aliphatic heterocycles. The van der Waals surface area contributed by atoms with Gasteiger partial charge in [0.1, 0.15) is 0 Å². The third kappa shape index (κ3) is 9.74. The van der Waals surface area contributed by atoms with Crippen molar-refractivity contribution in [3.63, 3.8) is 0 Å². The first-order valence-electron chi connectivity index (χ1n) is 11.5. The Labute approximate surface area is 221 Å². The summed E-state index contributed by atoms with van der Waals surface area (Å²) in [5.41, 5.74) is -0.859. The van der Waals surface area contributed by atoms with Crippen LogP contribution < -0.4 is 10.2 Å². The van der Waals surface area contributed by atoms with Gasteiger partial charge < -0.3 is 34.5 Å². The van der Waals surface area contributed by atoms with Gasteiger partial charge in [-0.2, -0.15) is 0 Å². The van der Waals surface area contributed by atoms with Crippen molar-refractivity contribution >= 4 is 56.2 Å². The first-order chi connectivity index (χ1) is 17.3. The highest BCUT2D eigenvalue weighted by molar-refractivity contribution is 7.67. The molecule has 0 saturated carbocycles. The van der Waals surface area contributed by atoms with Crippen LogP contribution in [0.2, 0.25) is 5.02 Å². The molecule has 2 amide bonds. The number of ether oxygens (including phenoxy) is 1. The molecule has 206 valence electrons. The van der Waals surface area contributed by atoms with Crippen molar-refractivity contribution < 1.29 is 38.5 Å². The molecule has 0 saturated heterocycles. The van der Waals surface area contributed by atoms with E-state index in [2.05, 4.69) is 9.88 Å². The molecule has 1 heterocycles. The fourth-order valence-electron chi connectivity index (χ4n) is 3.62. The van der Waals surface area contributed by atoms with Crippen LogP contribution in [0.5, 0.6) is 0 Å². The maximum absolute atomic E-state index is 13.2.